The minimum absolute atomic E-state index is 0.0472. The van der Waals surface area contributed by atoms with E-state index >= 15 is 0 Å². The molecule has 242 valence electrons. The van der Waals surface area contributed by atoms with E-state index in [1.54, 1.807) is 0 Å². The molecule has 0 saturated carbocycles. The maximum Gasteiger partial charge on any atom is 0.472 e. The highest BCUT2D eigenvalue weighted by atomic mass is 31.2. The van der Waals surface area contributed by atoms with Crippen LogP contribution in [0.5, 0.6) is 0 Å². The summed E-state index contributed by atoms with van der Waals surface area (Å²) in [5.74, 6) is -0.167. The lowest BCUT2D eigenvalue weighted by Gasteiger charge is -2.26. The van der Waals surface area contributed by atoms with Crippen molar-refractivity contribution in [2.24, 2.45) is 0 Å². The van der Waals surface area contributed by atoms with Crippen LogP contribution in [0.4, 0.5) is 11.8 Å². The van der Waals surface area contributed by atoms with Crippen molar-refractivity contribution in [2.75, 3.05) is 31.3 Å². The van der Waals surface area contributed by atoms with Gasteiger partial charge < -0.3 is 40.6 Å². The average Bonchev–Trinajstić information content (AvgIpc) is 3.72. The fraction of sp³-hybridized carbons (Fsp3) is 0.524. The van der Waals surface area contributed by atoms with Crippen LogP contribution in [0, 0.1) is 0 Å². The van der Waals surface area contributed by atoms with Crippen LogP contribution in [0.3, 0.4) is 0 Å². The number of ether oxygens (including phenoxy) is 2. The first-order chi connectivity index (χ1) is 21.3. The topological polar surface area (TPSA) is 309 Å². The van der Waals surface area contributed by atoms with Gasteiger partial charge in [-0.15, -0.1) is 0 Å². The van der Waals surface area contributed by atoms with Gasteiger partial charge in [-0.2, -0.15) is 4.98 Å². The number of hydrogen-bond acceptors (Lipinski definition) is 18. The number of rotatable bonds is 2. The van der Waals surface area contributed by atoms with Gasteiger partial charge in [0.25, 0.3) is 5.56 Å². The maximum atomic E-state index is 13.6. The molecule has 3 fully saturated rings. The Kier molecular flexibility index (Phi) is 7.30. The van der Waals surface area contributed by atoms with E-state index in [4.69, 9.17) is 39.0 Å². The third kappa shape index (κ3) is 5.32. The van der Waals surface area contributed by atoms with Crippen LogP contribution < -0.4 is 17.0 Å². The molecule has 4 aromatic rings. The maximum absolute atomic E-state index is 13.6. The van der Waals surface area contributed by atoms with E-state index in [-0.39, 0.29) is 34.1 Å². The number of aliphatic hydroxyl groups excluding tert-OH is 2. The van der Waals surface area contributed by atoms with Crippen molar-refractivity contribution in [1.29, 1.82) is 0 Å². The Bertz CT molecular complexity index is 1940. The Morgan fingerprint density at radius 2 is 1.58 bits per heavy atom. The highest BCUT2D eigenvalue weighted by Crippen LogP contribution is 2.54. The zero-order valence-corrected chi connectivity index (χ0v) is 24.7. The third-order valence-corrected chi connectivity index (χ3v) is 9.68. The van der Waals surface area contributed by atoms with Gasteiger partial charge in [0.05, 0.1) is 25.9 Å². The molecule has 0 spiro atoms. The second-order valence-electron chi connectivity index (χ2n) is 10.4. The van der Waals surface area contributed by atoms with E-state index in [0.29, 0.717) is 0 Å². The van der Waals surface area contributed by atoms with Crippen molar-refractivity contribution < 1.29 is 51.8 Å². The molecule has 24 heteroatoms. The molecule has 0 aromatic carbocycles. The number of nitrogens with zero attached hydrogens (tertiary/aromatic N) is 7. The van der Waals surface area contributed by atoms with Gasteiger partial charge in [0.1, 0.15) is 48.5 Å². The largest absolute Gasteiger partial charge is 0.472 e. The minimum Gasteiger partial charge on any atom is -0.387 e. The number of nitrogens with two attached hydrogens (primary N) is 2. The molecule has 22 nitrogen and oxygen atoms in total. The number of imidazole rings is 2. The molecule has 4 unspecified atom stereocenters. The minimum atomic E-state index is -5.00. The number of H-pyrrole nitrogens is 1. The third-order valence-electron chi connectivity index (χ3n) is 7.45. The molecule has 0 radical (unpaired) electrons. The van der Waals surface area contributed by atoms with Gasteiger partial charge in [-0.1, -0.05) is 0 Å². The van der Waals surface area contributed by atoms with E-state index in [2.05, 4.69) is 29.9 Å². The standard InChI is InChI=1S/C21H26N10O12P2/c1-44(35)38-3-8-13(12(33)19(41-8)30-5-26-9-15(22)24-4-25-16(9)30)43-45(36,37)39-2-7-11(32)14(42-44)20(40-7)31-6-27-10-17(31)28-21(23)29-18(10)34/h4-8,11-14,19-20,32-33H,2-3H2,1H3,(H,36,37)(H2,22,24,25)(H3,23,28,29,34)/t7-,8-,11+,12+,13?,14?,19-,20-,44?/m1/s1. The highest BCUT2D eigenvalue weighted by Gasteiger charge is 2.53. The molecule has 0 aliphatic carbocycles. The molecule has 7 heterocycles. The summed E-state index contributed by atoms with van der Waals surface area (Å²) < 4.78 is 63.0. The Balaban J connectivity index is 1.21. The molecular weight excluding hydrogens is 646 g/mol. The van der Waals surface area contributed by atoms with Gasteiger partial charge in [0.15, 0.2) is 35.1 Å². The molecule has 45 heavy (non-hydrogen) atoms. The summed E-state index contributed by atoms with van der Waals surface area (Å²) in [6.07, 6.45) is -7.93. The molecular formula is C21H26N10O12P2. The second kappa shape index (κ2) is 10.9. The van der Waals surface area contributed by atoms with Crippen molar-refractivity contribution in [1.82, 2.24) is 39.0 Å². The quantitative estimate of drug-likeness (QED) is 0.130. The summed E-state index contributed by atoms with van der Waals surface area (Å²) >= 11 is 0. The number of fused-ring (bicyclic) bond motifs is 5. The van der Waals surface area contributed by atoms with Crippen molar-refractivity contribution in [3.63, 3.8) is 0 Å². The molecule has 3 aliphatic heterocycles. The van der Waals surface area contributed by atoms with Crippen molar-refractivity contribution in [3.05, 3.63) is 29.3 Å². The lowest BCUT2D eigenvalue weighted by molar-refractivity contribution is -0.0628. The molecule has 10 atom stereocenters. The van der Waals surface area contributed by atoms with Gasteiger partial charge in [-0.3, -0.25) is 37.0 Å². The summed E-state index contributed by atoms with van der Waals surface area (Å²) in [5, 5.41) is 22.3. The van der Waals surface area contributed by atoms with Gasteiger partial charge in [-0.05, 0) is 0 Å². The summed E-state index contributed by atoms with van der Waals surface area (Å²) in [7, 11) is -9.12. The molecule has 7 rings (SSSR count). The lowest BCUT2D eigenvalue weighted by Crippen LogP contribution is -2.36. The normalized spacial score (nSPS) is 37.7. The smallest absolute Gasteiger partial charge is 0.387 e. The molecule has 0 amide bonds. The Hall–Kier alpha value is -3.40. The fourth-order valence-corrected chi connectivity index (χ4v) is 7.52. The van der Waals surface area contributed by atoms with Gasteiger partial charge >= 0.3 is 15.4 Å². The monoisotopic (exact) mass is 672 g/mol. The van der Waals surface area contributed by atoms with Crippen LogP contribution in [0.1, 0.15) is 12.5 Å². The molecule has 4 aromatic heterocycles. The van der Waals surface area contributed by atoms with E-state index in [0.717, 1.165) is 6.66 Å². The lowest BCUT2D eigenvalue weighted by atomic mass is 10.1. The zero-order valence-electron chi connectivity index (χ0n) is 23.0. The SMILES string of the molecule is CP1(=O)OC[C@H]2O[C@@H](n3cnc4c(N)ncnc43)[C@@H](O)C2OP(=O)(O)OC[C@H]2O[C@@H](n3cnc4c(=O)[nH]c(N)nc43)C(O1)[C@H]2O. The predicted octanol–water partition coefficient (Wildman–Crippen LogP) is -1.62. The fourth-order valence-electron chi connectivity index (χ4n) is 5.40. The number of phosphoric ester groups is 1. The Morgan fingerprint density at radius 1 is 0.889 bits per heavy atom. The van der Waals surface area contributed by atoms with Crippen molar-refractivity contribution in [3.8, 4) is 0 Å². The summed E-state index contributed by atoms with van der Waals surface area (Å²) in [5.41, 5.74) is 11.1. The van der Waals surface area contributed by atoms with E-state index in [9.17, 15) is 29.0 Å². The molecule has 3 aliphatic rings. The molecule has 8 N–H and O–H groups in total. The van der Waals surface area contributed by atoms with E-state index in [1.807, 2.05) is 0 Å². The van der Waals surface area contributed by atoms with Crippen molar-refractivity contribution in [2.45, 2.75) is 49.1 Å². The number of aliphatic hydroxyl groups is 2. The van der Waals surface area contributed by atoms with Crippen LogP contribution in [0.2, 0.25) is 0 Å². The number of aromatic amines is 1. The van der Waals surface area contributed by atoms with Gasteiger partial charge in [-0.25, -0.2) is 24.5 Å². The average molecular weight is 672 g/mol. The van der Waals surface area contributed by atoms with E-state index in [1.165, 1.54) is 28.1 Å². The highest BCUT2D eigenvalue weighted by molar-refractivity contribution is 7.53. The number of aromatic nitrogens is 8. The first kappa shape index (κ1) is 30.3. The van der Waals surface area contributed by atoms with Gasteiger partial charge in [0.2, 0.25) is 5.95 Å². The van der Waals surface area contributed by atoms with Crippen LogP contribution >= 0.6 is 15.4 Å². The number of nitrogen functional groups attached to an aromatic ring is 2. The van der Waals surface area contributed by atoms with E-state index < -0.39 is 83.3 Å². The predicted molar refractivity (Wildman–Crippen MR) is 147 cm³/mol. The number of hydrogen-bond donors (Lipinski definition) is 6. The van der Waals surface area contributed by atoms with Crippen LogP contribution in [-0.4, -0.2) is 111 Å². The number of phosphoric acid groups is 1. The van der Waals surface area contributed by atoms with Crippen LogP contribution in [0.25, 0.3) is 22.3 Å². The van der Waals surface area contributed by atoms with Crippen LogP contribution in [-0.2, 0) is 36.7 Å². The Morgan fingerprint density at radius 3 is 2.36 bits per heavy atom. The number of anilines is 2. The number of nitrogens with one attached hydrogen (secondary N) is 1. The first-order valence-corrected chi connectivity index (χ1v) is 16.7. The summed E-state index contributed by atoms with van der Waals surface area (Å²) in [6, 6.07) is 0. The summed E-state index contributed by atoms with van der Waals surface area (Å²) in [6.45, 7) is -0.204. The zero-order chi connectivity index (χ0) is 31.8. The molecule has 3 saturated heterocycles. The summed E-state index contributed by atoms with van der Waals surface area (Å²) in [4.78, 5) is 45.5. The van der Waals surface area contributed by atoms with Gasteiger partial charge in [0, 0.05) is 6.66 Å². The van der Waals surface area contributed by atoms with Crippen LogP contribution in [0.15, 0.2) is 23.8 Å². The Labute approximate surface area is 250 Å². The molecule has 2 bridgehead atoms. The van der Waals surface area contributed by atoms with Crippen molar-refractivity contribution >= 4 is 49.5 Å². The first-order valence-electron chi connectivity index (χ1n) is 13.2. The second-order valence-corrected chi connectivity index (χ2v) is 13.9.